The van der Waals surface area contributed by atoms with Crippen molar-refractivity contribution < 1.29 is 4.74 Å². The lowest BCUT2D eigenvalue weighted by Gasteiger charge is -2.12. The highest BCUT2D eigenvalue weighted by molar-refractivity contribution is 7.18. The minimum absolute atomic E-state index is 0.396. The van der Waals surface area contributed by atoms with E-state index < -0.39 is 0 Å². The van der Waals surface area contributed by atoms with Crippen molar-refractivity contribution in [2.75, 3.05) is 5.32 Å². The third-order valence-electron chi connectivity index (χ3n) is 4.58. The van der Waals surface area contributed by atoms with E-state index in [1.54, 1.807) is 17.4 Å². The van der Waals surface area contributed by atoms with Crippen molar-refractivity contribution in [2.45, 2.75) is 13.8 Å². The standard InChI is InChI=1S/C22H16ClN5OS/c1-12-9-14(27-22-21-16(24-11-25-22)5-8-20(23)28-21)3-6-18(12)29-15-4-7-19-17(10-15)26-13(2)30-19/h3-11H,1-2H3,(H,24,25,27). The molecule has 6 nitrogen and oxygen atoms in total. The number of nitrogens with one attached hydrogen (secondary N) is 1. The van der Waals surface area contributed by atoms with Crippen LogP contribution in [0.25, 0.3) is 21.3 Å². The van der Waals surface area contributed by atoms with Crippen molar-refractivity contribution in [1.82, 2.24) is 19.9 Å². The number of pyridine rings is 1. The molecule has 3 heterocycles. The zero-order valence-corrected chi connectivity index (χ0v) is 17.8. The molecule has 2 aromatic carbocycles. The number of halogens is 1. The summed E-state index contributed by atoms with van der Waals surface area (Å²) in [6.45, 7) is 4.00. The first kappa shape index (κ1) is 18.7. The summed E-state index contributed by atoms with van der Waals surface area (Å²) in [6, 6.07) is 15.4. The van der Waals surface area contributed by atoms with Gasteiger partial charge in [0, 0.05) is 11.8 Å². The molecule has 5 rings (SSSR count). The fourth-order valence-corrected chi connectivity index (χ4v) is 4.15. The van der Waals surface area contributed by atoms with E-state index in [0.29, 0.717) is 16.5 Å². The van der Waals surface area contributed by atoms with Crippen molar-refractivity contribution >= 4 is 55.7 Å². The molecule has 0 saturated carbocycles. The lowest BCUT2D eigenvalue weighted by Crippen LogP contribution is -1.98. The number of nitrogens with zero attached hydrogens (tertiary/aromatic N) is 4. The second kappa shape index (κ2) is 7.51. The van der Waals surface area contributed by atoms with Crippen molar-refractivity contribution in [3.05, 3.63) is 70.6 Å². The van der Waals surface area contributed by atoms with E-state index in [0.717, 1.165) is 43.5 Å². The maximum absolute atomic E-state index is 6.10. The third-order valence-corrected chi connectivity index (χ3v) is 5.74. The molecule has 30 heavy (non-hydrogen) atoms. The first-order valence-electron chi connectivity index (χ1n) is 9.25. The Bertz CT molecular complexity index is 1400. The molecule has 0 saturated heterocycles. The number of thiazole rings is 1. The average molecular weight is 434 g/mol. The predicted molar refractivity (Wildman–Crippen MR) is 121 cm³/mol. The molecule has 0 amide bonds. The van der Waals surface area contributed by atoms with Gasteiger partial charge in [0.1, 0.15) is 28.5 Å². The Kier molecular flexibility index (Phi) is 4.69. The molecule has 0 bridgehead atoms. The summed E-state index contributed by atoms with van der Waals surface area (Å²) in [7, 11) is 0. The summed E-state index contributed by atoms with van der Waals surface area (Å²) >= 11 is 7.72. The van der Waals surface area contributed by atoms with Crippen molar-refractivity contribution in [3.8, 4) is 11.5 Å². The topological polar surface area (TPSA) is 72.8 Å². The van der Waals surface area contributed by atoms with Crippen LogP contribution < -0.4 is 10.1 Å². The Morgan fingerprint density at radius 2 is 1.83 bits per heavy atom. The summed E-state index contributed by atoms with van der Waals surface area (Å²) in [5.41, 5.74) is 4.15. The largest absolute Gasteiger partial charge is 0.457 e. The highest BCUT2D eigenvalue weighted by Gasteiger charge is 2.09. The highest BCUT2D eigenvalue weighted by atomic mass is 35.5. The van der Waals surface area contributed by atoms with E-state index in [2.05, 4.69) is 25.3 Å². The molecule has 5 aromatic rings. The summed E-state index contributed by atoms with van der Waals surface area (Å²) in [6.07, 6.45) is 1.50. The molecule has 0 aliphatic rings. The van der Waals surface area contributed by atoms with Crippen LogP contribution in [0.4, 0.5) is 11.5 Å². The minimum Gasteiger partial charge on any atom is -0.457 e. The number of aromatic nitrogens is 4. The van der Waals surface area contributed by atoms with Gasteiger partial charge >= 0.3 is 0 Å². The van der Waals surface area contributed by atoms with E-state index >= 15 is 0 Å². The number of benzene rings is 2. The number of aryl methyl sites for hydroxylation is 2. The molecule has 0 radical (unpaired) electrons. The summed E-state index contributed by atoms with van der Waals surface area (Å²) in [5, 5.41) is 4.74. The van der Waals surface area contributed by atoms with Crippen LogP contribution in [-0.4, -0.2) is 19.9 Å². The second-order valence-electron chi connectivity index (χ2n) is 6.79. The maximum Gasteiger partial charge on any atom is 0.160 e. The van der Waals surface area contributed by atoms with Crippen molar-refractivity contribution in [1.29, 1.82) is 0 Å². The summed E-state index contributed by atoms with van der Waals surface area (Å²) in [4.78, 5) is 17.4. The van der Waals surface area contributed by atoms with Crippen LogP contribution in [0.5, 0.6) is 11.5 Å². The van der Waals surface area contributed by atoms with E-state index in [4.69, 9.17) is 16.3 Å². The average Bonchev–Trinajstić information content (AvgIpc) is 3.10. The number of anilines is 2. The Morgan fingerprint density at radius 1 is 0.933 bits per heavy atom. The summed E-state index contributed by atoms with van der Waals surface area (Å²) < 4.78 is 7.25. The van der Waals surface area contributed by atoms with Crippen molar-refractivity contribution in [2.24, 2.45) is 0 Å². The van der Waals surface area contributed by atoms with Gasteiger partial charge in [-0.1, -0.05) is 11.6 Å². The van der Waals surface area contributed by atoms with E-state index in [-0.39, 0.29) is 0 Å². The lowest BCUT2D eigenvalue weighted by atomic mass is 10.2. The SMILES string of the molecule is Cc1nc2cc(Oc3ccc(Nc4ncnc5ccc(Cl)nc45)cc3C)ccc2s1. The molecule has 0 spiro atoms. The van der Waals surface area contributed by atoms with E-state index in [1.165, 1.54) is 6.33 Å². The van der Waals surface area contributed by atoms with Crippen LogP contribution in [0.15, 0.2) is 54.9 Å². The fraction of sp³-hybridized carbons (Fsp3) is 0.0909. The third kappa shape index (κ3) is 3.65. The predicted octanol–water partition coefficient (Wildman–Crippen LogP) is 6.44. The molecule has 148 valence electrons. The first-order valence-corrected chi connectivity index (χ1v) is 10.4. The molecule has 0 aliphatic heterocycles. The van der Waals surface area contributed by atoms with Gasteiger partial charge in [-0.25, -0.2) is 19.9 Å². The van der Waals surface area contributed by atoms with Crippen LogP contribution in [0.1, 0.15) is 10.6 Å². The van der Waals surface area contributed by atoms with Crippen molar-refractivity contribution in [3.63, 3.8) is 0 Å². The Morgan fingerprint density at radius 3 is 2.70 bits per heavy atom. The van der Waals surface area contributed by atoms with Crippen LogP contribution in [-0.2, 0) is 0 Å². The molecular weight excluding hydrogens is 418 g/mol. The van der Waals surface area contributed by atoms with Gasteiger partial charge in [0.15, 0.2) is 5.82 Å². The molecule has 0 unspecified atom stereocenters. The van der Waals surface area contributed by atoms with Crippen LogP contribution in [0, 0.1) is 13.8 Å². The molecular formula is C22H16ClN5OS. The summed E-state index contributed by atoms with van der Waals surface area (Å²) in [5.74, 6) is 2.14. The van der Waals surface area contributed by atoms with Gasteiger partial charge in [0.2, 0.25) is 0 Å². The lowest BCUT2D eigenvalue weighted by molar-refractivity contribution is 0.479. The Labute approximate surface area is 181 Å². The van der Waals surface area contributed by atoms with Gasteiger partial charge in [-0.15, -0.1) is 11.3 Å². The smallest absolute Gasteiger partial charge is 0.160 e. The van der Waals surface area contributed by atoms with Gasteiger partial charge in [0.25, 0.3) is 0 Å². The maximum atomic E-state index is 6.10. The van der Waals surface area contributed by atoms with Crippen LogP contribution >= 0.6 is 22.9 Å². The van der Waals surface area contributed by atoms with Gasteiger partial charge in [-0.3, -0.25) is 0 Å². The highest BCUT2D eigenvalue weighted by Crippen LogP contribution is 2.32. The van der Waals surface area contributed by atoms with Gasteiger partial charge in [-0.2, -0.15) is 0 Å². The minimum atomic E-state index is 0.396. The van der Waals surface area contributed by atoms with Crippen LogP contribution in [0.3, 0.4) is 0 Å². The van der Waals surface area contributed by atoms with Crippen LogP contribution in [0.2, 0.25) is 5.15 Å². The van der Waals surface area contributed by atoms with Gasteiger partial charge < -0.3 is 10.1 Å². The van der Waals surface area contributed by atoms with E-state index in [1.807, 2.05) is 56.3 Å². The number of ether oxygens (including phenoxy) is 1. The number of fused-ring (bicyclic) bond motifs is 2. The second-order valence-corrected chi connectivity index (χ2v) is 8.42. The quantitative estimate of drug-likeness (QED) is 0.329. The number of hydrogen-bond donors (Lipinski definition) is 1. The number of hydrogen-bond acceptors (Lipinski definition) is 7. The molecule has 3 aromatic heterocycles. The monoisotopic (exact) mass is 433 g/mol. The Hall–Kier alpha value is -3.29. The molecule has 0 atom stereocenters. The Balaban J connectivity index is 1.41. The fourth-order valence-electron chi connectivity index (χ4n) is 3.20. The molecule has 0 fully saturated rings. The molecule has 8 heteroatoms. The van der Waals surface area contributed by atoms with Gasteiger partial charge in [0.05, 0.1) is 20.7 Å². The molecule has 0 aliphatic carbocycles. The molecule has 1 N–H and O–H groups in total. The number of rotatable bonds is 4. The zero-order valence-electron chi connectivity index (χ0n) is 16.2. The zero-order chi connectivity index (χ0) is 20.7. The van der Waals surface area contributed by atoms with Gasteiger partial charge in [-0.05, 0) is 61.9 Å². The normalized spacial score (nSPS) is 11.2. The van der Waals surface area contributed by atoms with E-state index in [9.17, 15) is 0 Å². The first-order chi connectivity index (χ1) is 14.5.